The predicted octanol–water partition coefficient (Wildman–Crippen LogP) is 4.10. The first-order valence-corrected chi connectivity index (χ1v) is 5.54. The molecule has 0 amide bonds. The Hall–Kier alpha value is 0.150. The van der Waals surface area contributed by atoms with Crippen molar-refractivity contribution < 1.29 is 22.7 Å². The van der Waals surface area contributed by atoms with Crippen LogP contribution in [-0.4, -0.2) is 17.5 Å². The molecule has 0 aliphatic heterocycles. The van der Waals surface area contributed by atoms with Gasteiger partial charge < -0.3 is 5.11 Å². The molecule has 0 fully saturated rings. The van der Waals surface area contributed by atoms with Crippen LogP contribution in [0.4, 0.5) is 17.6 Å². The van der Waals surface area contributed by atoms with Crippen LogP contribution in [0.5, 0.6) is 0 Å². The molecular formula is C7H4BrClF4OS. The third-order valence-corrected chi connectivity index (χ3v) is 4.12. The van der Waals surface area contributed by atoms with E-state index in [9.17, 15) is 17.6 Å². The minimum Gasteiger partial charge on any atom is -0.381 e. The lowest BCUT2D eigenvalue weighted by atomic mass is 10.1. The second-order valence-electron chi connectivity index (χ2n) is 2.65. The van der Waals surface area contributed by atoms with Gasteiger partial charge in [0.05, 0.1) is 0 Å². The summed E-state index contributed by atoms with van der Waals surface area (Å²) in [7, 11) is 0. The van der Waals surface area contributed by atoms with E-state index in [0.29, 0.717) is 11.3 Å². The molecule has 86 valence electrons. The van der Waals surface area contributed by atoms with E-state index >= 15 is 0 Å². The summed E-state index contributed by atoms with van der Waals surface area (Å²) < 4.78 is 49.6. The zero-order chi connectivity index (χ0) is 11.8. The molecule has 0 aliphatic rings. The van der Waals surface area contributed by atoms with Crippen LogP contribution in [0.1, 0.15) is 11.0 Å². The summed E-state index contributed by atoms with van der Waals surface area (Å²) in [6, 6.07) is 1.09. The van der Waals surface area contributed by atoms with E-state index in [1.165, 1.54) is 0 Å². The molecule has 1 unspecified atom stereocenters. The van der Waals surface area contributed by atoms with Crippen LogP contribution >= 0.6 is 38.9 Å². The predicted molar refractivity (Wildman–Crippen MR) is 52.9 cm³/mol. The Morgan fingerprint density at radius 1 is 1.47 bits per heavy atom. The number of hydrogen-bond acceptors (Lipinski definition) is 2. The summed E-state index contributed by atoms with van der Waals surface area (Å²) in [6.07, 6.45) is -6.47. The molecule has 1 N–H and O–H groups in total. The summed E-state index contributed by atoms with van der Waals surface area (Å²) in [4.78, 5) is -0.308. The highest BCUT2D eigenvalue weighted by Gasteiger charge is 2.49. The van der Waals surface area contributed by atoms with E-state index in [0.717, 1.165) is 6.07 Å². The Kier molecular flexibility index (Phi) is 4.02. The van der Waals surface area contributed by atoms with Crippen molar-refractivity contribution in [2.24, 2.45) is 0 Å². The summed E-state index contributed by atoms with van der Waals surface area (Å²) in [6.45, 7) is 0. The van der Waals surface area contributed by atoms with Crippen LogP contribution in [0.25, 0.3) is 0 Å². The Labute approximate surface area is 99.8 Å². The van der Waals surface area contributed by atoms with Crippen molar-refractivity contribution in [2.75, 3.05) is 0 Å². The van der Waals surface area contributed by atoms with E-state index in [-0.39, 0.29) is 13.7 Å². The van der Waals surface area contributed by atoms with Gasteiger partial charge in [-0.15, -0.1) is 11.3 Å². The second kappa shape index (κ2) is 4.57. The average Bonchev–Trinajstić information content (AvgIpc) is 2.45. The van der Waals surface area contributed by atoms with Crippen LogP contribution in [0.3, 0.4) is 0 Å². The molecule has 1 nitrogen and oxygen atoms in total. The standard InChI is InChI=1S/C7H4BrClF4OS/c8-2-1-3(15-5(2)9)4(14)7(12,13)6(10)11/h1,4,6,14H. The van der Waals surface area contributed by atoms with Crippen LogP contribution < -0.4 is 0 Å². The first-order chi connectivity index (χ1) is 6.76. The zero-order valence-electron chi connectivity index (χ0n) is 6.86. The third kappa shape index (κ3) is 2.64. The van der Waals surface area contributed by atoms with Gasteiger partial charge in [0.2, 0.25) is 0 Å². The molecule has 1 aromatic heterocycles. The number of rotatable bonds is 3. The van der Waals surface area contributed by atoms with Crippen molar-refractivity contribution in [1.29, 1.82) is 0 Å². The fourth-order valence-electron chi connectivity index (χ4n) is 0.807. The fourth-order valence-corrected chi connectivity index (χ4v) is 2.58. The summed E-state index contributed by atoms with van der Waals surface area (Å²) in [5.74, 6) is -4.48. The summed E-state index contributed by atoms with van der Waals surface area (Å²) >= 11 is 9.08. The number of alkyl halides is 4. The molecule has 0 spiro atoms. The van der Waals surface area contributed by atoms with Gasteiger partial charge in [-0.3, -0.25) is 0 Å². The van der Waals surface area contributed by atoms with Gasteiger partial charge in [-0.2, -0.15) is 8.78 Å². The lowest BCUT2D eigenvalue weighted by Crippen LogP contribution is -2.33. The SMILES string of the molecule is OC(c1cc(Br)c(Cl)s1)C(F)(F)C(F)F. The maximum absolute atomic E-state index is 12.7. The Bertz CT molecular complexity index is 337. The highest BCUT2D eigenvalue weighted by molar-refractivity contribution is 9.10. The van der Waals surface area contributed by atoms with Gasteiger partial charge in [0.15, 0.2) is 6.10 Å². The average molecular weight is 328 g/mol. The smallest absolute Gasteiger partial charge is 0.337 e. The molecule has 0 aromatic carbocycles. The highest BCUT2D eigenvalue weighted by atomic mass is 79.9. The lowest BCUT2D eigenvalue weighted by molar-refractivity contribution is -0.192. The van der Waals surface area contributed by atoms with E-state index in [1.807, 2.05) is 0 Å². The van der Waals surface area contributed by atoms with Crippen LogP contribution in [-0.2, 0) is 0 Å². The van der Waals surface area contributed by atoms with Crippen molar-refractivity contribution in [2.45, 2.75) is 18.5 Å². The zero-order valence-corrected chi connectivity index (χ0v) is 10.0. The number of thiophene rings is 1. The van der Waals surface area contributed by atoms with Gasteiger partial charge in [-0.25, -0.2) is 8.78 Å². The van der Waals surface area contributed by atoms with Crippen LogP contribution in [0.15, 0.2) is 10.5 Å². The van der Waals surface area contributed by atoms with Gasteiger partial charge in [-0.05, 0) is 22.0 Å². The van der Waals surface area contributed by atoms with Gasteiger partial charge in [0.1, 0.15) is 4.34 Å². The quantitative estimate of drug-likeness (QED) is 0.829. The van der Waals surface area contributed by atoms with Crippen molar-refractivity contribution in [3.8, 4) is 0 Å². The Morgan fingerprint density at radius 2 is 2.00 bits per heavy atom. The largest absolute Gasteiger partial charge is 0.381 e. The monoisotopic (exact) mass is 326 g/mol. The van der Waals surface area contributed by atoms with Crippen molar-refractivity contribution in [3.05, 3.63) is 19.8 Å². The normalized spacial score (nSPS) is 14.7. The minimum atomic E-state index is -4.48. The molecule has 8 heteroatoms. The molecule has 0 radical (unpaired) electrons. The molecule has 0 saturated carbocycles. The molecule has 1 rings (SSSR count). The van der Waals surface area contributed by atoms with Crippen LogP contribution in [0.2, 0.25) is 4.34 Å². The number of hydrogen-bond donors (Lipinski definition) is 1. The summed E-state index contributed by atoms with van der Waals surface area (Å²) in [5.41, 5.74) is 0. The number of halogens is 6. The molecule has 15 heavy (non-hydrogen) atoms. The van der Waals surface area contributed by atoms with E-state index in [4.69, 9.17) is 16.7 Å². The third-order valence-electron chi connectivity index (χ3n) is 1.59. The summed E-state index contributed by atoms with van der Waals surface area (Å²) in [5, 5.41) is 9.06. The topological polar surface area (TPSA) is 20.2 Å². The van der Waals surface area contributed by atoms with E-state index in [1.54, 1.807) is 0 Å². The van der Waals surface area contributed by atoms with Crippen molar-refractivity contribution >= 4 is 38.9 Å². The second-order valence-corrected chi connectivity index (χ2v) is 5.19. The maximum Gasteiger partial charge on any atom is 0.337 e. The lowest BCUT2D eigenvalue weighted by Gasteiger charge is -2.20. The van der Waals surface area contributed by atoms with Gasteiger partial charge in [0.25, 0.3) is 0 Å². The molecule has 0 saturated heterocycles. The van der Waals surface area contributed by atoms with Crippen molar-refractivity contribution in [1.82, 2.24) is 0 Å². The Morgan fingerprint density at radius 3 is 2.33 bits per heavy atom. The number of aliphatic hydroxyl groups is 1. The molecule has 1 aromatic rings. The molecule has 0 aliphatic carbocycles. The molecular weight excluding hydrogens is 323 g/mol. The first kappa shape index (κ1) is 13.2. The minimum absolute atomic E-state index is 0.120. The van der Waals surface area contributed by atoms with E-state index in [2.05, 4.69) is 15.9 Å². The molecule has 1 heterocycles. The molecule has 1 atom stereocenters. The van der Waals surface area contributed by atoms with Crippen LogP contribution in [0, 0.1) is 0 Å². The maximum atomic E-state index is 12.7. The fraction of sp³-hybridized carbons (Fsp3) is 0.429. The highest BCUT2D eigenvalue weighted by Crippen LogP contribution is 2.42. The van der Waals surface area contributed by atoms with Gasteiger partial charge >= 0.3 is 12.3 Å². The Balaban J connectivity index is 2.99. The molecule has 0 bridgehead atoms. The van der Waals surface area contributed by atoms with Gasteiger partial charge in [-0.1, -0.05) is 11.6 Å². The van der Waals surface area contributed by atoms with E-state index < -0.39 is 18.5 Å². The van der Waals surface area contributed by atoms with Crippen molar-refractivity contribution in [3.63, 3.8) is 0 Å². The van der Waals surface area contributed by atoms with Gasteiger partial charge in [0, 0.05) is 9.35 Å². The number of aliphatic hydroxyl groups excluding tert-OH is 1. The first-order valence-electron chi connectivity index (χ1n) is 3.55.